The zero-order valence-electron chi connectivity index (χ0n) is 19.3. The molecule has 2 aliphatic rings. The van der Waals surface area contributed by atoms with Crippen LogP contribution in [-0.4, -0.2) is 46.4 Å². The maximum absolute atomic E-state index is 13.9. The number of nitrogens with zero attached hydrogens (tertiary/aromatic N) is 2. The molecule has 0 spiro atoms. The lowest BCUT2D eigenvalue weighted by Gasteiger charge is -2.35. The highest BCUT2D eigenvalue weighted by atomic mass is 16.2. The number of carbonyl (C=O) groups is 4. The van der Waals surface area contributed by atoms with Gasteiger partial charge in [-0.2, -0.15) is 0 Å². The Morgan fingerprint density at radius 1 is 1.03 bits per heavy atom. The highest BCUT2D eigenvalue weighted by Gasteiger charge is 2.54. The molecule has 0 unspecified atom stereocenters. The molecule has 2 fully saturated rings. The van der Waals surface area contributed by atoms with Crippen LogP contribution in [0, 0.1) is 12.8 Å². The Balaban J connectivity index is 1.66. The summed E-state index contributed by atoms with van der Waals surface area (Å²) in [5, 5.41) is 0. The molecule has 0 saturated carbocycles. The van der Waals surface area contributed by atoms with Crippen molar-refractivity contribution in [2.45, 2.75) is 51.5 Å². The zero-order valence-corrected chi connectivity index (χ0v) is 19.3. The lowest BCUT2D eigenvalue weighted by molar-refractivity contribution is -0.144. The number of aryl methyl sites for hydroxylation is 1. The molecule has 2 aromatic carbocycles. The second-order valence-electron chi connectivity index (χ2n) is 9.31. The molecule has 2 aromatic rings. The van der Waals surface area contributed by atoms with Gasteiger partial charge in [0.1, 0.15) is 5.78 Å². The molecule has 0 aromatic heterocycles. The van der Waals surface area contributed by atoms with Gasteiger partial charge in [-0.15, -0.1) is 0 Å². The molecule has 2 atom stereocenters. The first-order valence-corrected chi connectivity index (χ1v) is 11.5. The van der Waals surface area contributed by atoms with E-state index < -0.39 is 5.41 Å². The van der Waals surface area contributed by atoms with E-state index in [0.29, 0.717) is 13.1 Å². The topological polar surface area (TPSA) is 74.8 Å². The Hall–Kier alpha value is -3.28. The lowest BCUT2D eigenvalue weighted by Crippen LogP contribution is -2.47. The Labute approximate surface area is 194 Å². The van der Waals surface area contributed by atoms with Crippen molar-refractivity contribution in [3.05, 3.63) is 71.3 Å². The summed E-state index contributed by atoms with van der Waals surface area (Å²) < 4.78 is 0. The van der Waals surface area contributed by atoms with Crippen LogP contribution >= 0.6 is 0 Å². The summed E-state index contributed by atoms with van der Waals surface area (Å²) in [7, 11) is 0. The summed E-state index contributed by atoms with van der Waals surface area (Å²) in [4.78, 5) is 55.4. The molecule has 0 N–H and O–H groups in total. The average Bonchev–Trinajstić information content (AvgIpc) is 3.04. The Morgan fingerprint density at radius 3 is 2.42 bits per heavy atom. The van der Waals surface area contributed by atoms with Crippen LogP contribution in [0.5, 0.6) is 0 Å². The first-order valence-electron chi connectivity index (χ1n) is 11.5. The molecule has 0 radical (unpaired) electrons. The molecule has 172 valence electrons. The minimum atomic E-state index is -1.22. The van der Waals surface area contributed by atoms with Gasteiger partial charge in [0.15, 0.2) is 0 Å². The first-order chi connectivity index (χ1) is 15.8. The van der Waals surface area contributed by atoms with Crippen LogP contribution in [0.25, 0.3) is 0 Å². The van der Waals surface area contributed by atoms with E-state index in [1.807, 2.05) is 61.5 Å². The fraction of sp³-hybridized carbons (Fsp3) is 0.407. The summed E-state index contributed by atoms with van der Waals surface area (Å²) in [6, 6.07) is 16.9. The molecule has 0 bridgehead atoms. The van der Waals surface area contributed by atoms with Crippen molar-refractivity contribution in [3.8, 4) is 0 Å². The van der Waals surface area contributed by atoms with Gasteiger partial charge in [0.05, 0.1) is 12.0 Å². The fourth-order valence-electron chi connectivity index (χ4n) is 5.19. The molecule has 0 aliphatic carbocycles. The number of hydrogen-bond donors (Lipinski definition) is 0. The molecule has 33 heavy (non-hydrogen) atoms. The van der Waals surface area contributed by atoms with E-state index in [1.54, 1.807) is 11.8 Å². The van der Waals surface area contributed by atoms with Crippen molar-refractivity contribution in [1.82, 2.24) is 9.80 Å². The number of likely N-dealkylation sites (tertiary alicyclic amines) is 2. The molecule has 3 amide bonds. The van der Waals surface area contributed by atoms with E-state index in [0.717, 1.165) is 29.5 Å². The van der Waals surface area contributed by atoms with Crippen LogP contribution in [0.4, 0.5) is 0 Å². The van der Waals surface area contributed by atoms with Crippen molar-refractivity contribution in [3.63, 3.8) is 0 Å². The third-order valence-electron chi connectivity index (χ3n) is 7.05. The Bertz CT molecular complexity index is 1080. The standard InChI is InChI=1S/C27H30N2O4/c1-19-9-6-7-13-23(19)27(15-24(31)28-14-8-12-22(18-28)20(2)30)16-25(32)29(26(27)33)17-21-10-4-3-5-11-21/h3-7,9-11,13,22H,8,12,14-18H2,1-2H3/t22-,27-/m1/s1. The van der Waals surface area contributed by atoms with E-state index in [4.69, 9.17) is 0 Å². The number of ketones is 1. The van der Waals surface area contributed by atoms with Crippen molar-refractivity contribution < 1.29 is 19.2 Å². The minimum Gasteiger partial charge on any atom is -0.342 e. The van der Waals surface area contributed by atoms with Crippen molar-refractivity contribution >= 4 is 23.5 Å². The van der Waals surface area contributed by atoms with Gasteiger partial charge in [-0.1, -0.05) is 54.6 Å². The maximum atomic E-state index is 13.9. The zero-order chi connectivity index (χ0) is 23.6. The van der Waals surface area contributed by atoms with Gasteiger partial charge in [0.2, 0.25) is 17.7 Å². The number of benzene rings is 2. The van der Waals surface area contributed by atoms with Gasteiger partial charge in [0.25, 0.3) is 0 Å². The molecule has 6 nitrogen and oxygen atoms in total. The van der Waals surface area contributed by atoms with Crippen molar-refractivity contribution in [2.24, 2.45) is 5.92 Å². The first kappa shape index (κ1) is 22.9. The van der Waals surface area contributed by atoms with Crippen LogP contribution in [0.15, 0.2) is 54.6 Å². The number of hydrogen-bond acceptors (Lipinski definition) is 4. The molecule has 4 rings (SSSR count). The molecular formula is C27H30N2O4. The van der Waals surface area contributed by atoms with Crippen molar-refractivity contribution in [1.29, 1.82) is 0 Å². The summed E-state index contributed by atoms with van der Waals surface area (Å²) in [5.41, 5.74) is 1.25. The summed E-state index contributed by atoms with van der Waals surface area (Å²) in [6.45, 7) is 4.62. The number of piperidine rings is 1. The third-order valence-corrected chi connectivity index (χ3v) is 7.05. The fourth-order valence-corrected chi connectivity index (χ4v) is 5.19. The third kappa shape index (κ3) is 4.47. The van der Waals surface area contributed by atoms with E-state index in [1.165, 1.54) is 4.90 Å². The van der Waals surface area contributed by atoms with E-state index in [9.17, 15) is 19.2 Å². The highest BCUT2D eigenvalue weighted by Crippen LogP contribution is 2.42. The lowest BCUT2D eigenvalue weighted by atomic mass is 9.73. The smallest absolute Gasteiger partial charge is 0.241 e. The number of carbonyl (C=O) groups excluding carboxylic acids is 4. The monoisotopic (exact) mass is 446 g/mol. The largest absolute Gasteiger partial charge is 0.342 e. The number of rotatable bonds is 6. The highest BCUT2D eigenvalue weighted by molar-refractivity contribution is 6.10. The summed E-state index contributed by atoms with van der Waals surface area (Å²) >= 11 is 0. The normalized spacial score (nSPS) is 23.2. The SMILES string of the molecule is CC(=O)[C@@H]1CCCN(C(=O)C[C@]2(c3ccccc3C)CC(=O)N(Cc3ccccc3)C2=O)C1. The molecule has 2 saturated heterocycles. The van der Waals surface area contributed by atoms with Crippen molar-refractivity contribution in [2.75, 3.05) is 13.1 Å². The quantitative estimate of drug-likeness (QED) is 0.638. The van der Waals surface area contributed by atoms with Gasteiger partial charge >= 0.3 is 0 Å². The summed E-state index contributed by atoms with van der Waals surface area (Å²) in [6.07, 6.45) is 1.45. The molecule has 2 aliphatic heterocycles. The van der Waals surface area contributed by atoms with E-state index in [-0.39, 0.29) is 48.8 Å². The van der Waals surface area contributed by atoms with E-state index in [2.05, 4.69) is 0 Å². The second kappa shape index (κ2) is 9.30. The predicted molar refractivity (Wildman–Crippen MR) is 124 cm³/mol. The van der Waals surface area contributed by atoms with Gasteiger partial charge in [0, 0.05) is 31.8 Å². The van der Waals surface area contributed by atoms with Gasteiger partial charge in [-0.05, 0) is 43.4 Å². The van der Waals surface area contributed by atoms with Crippen LogP contribution in [0.1, 0.15) is 49.3 Å². The van der Waals surface area contributed by atoms with Crippen LogP contribution in [0.2, 0.25) is 0 Å². The number of Topliss-reactive ketones (excluding diaryl/α,β-unsaturated/α-hetero) is 1. The molecule has 2 heterocycles. The minimum absolute atomic E-state index is 0.0285. The Morgan fingerprint density at radius 2 is 1.73 bits per heavy atom. The van der Waals surface area contributed by atoms with Gasteiger partial charge in [-0.3, -0.25) is 24.1 Å². The average molecular weight is 447 g/mol. The van der Waals surface area contributed by atoms with Gasteiger partial charge < -0.3 is 4.90 Å². The second-order valence-corrected chi connectivity index (χ2v) is 9.31. The van der Waals surface area contributed by atoms with Crippen LogP contribution in [-0.2, 0) is 31.1 Å². The molecule has 6 heteroatoms. The van der Waals surface area contributed by atoms with Gasteiger partial charge in [-0.25, -0.2) is 0 Å². The maximum Gasteiger partial charge on any atom is 0.241 e. The molecular weight excluding hydrogens is 416 g/mol. The number of amides is 3. The van der Waals surface area contributed by atoms with E-state index >= 15 is 0 Å². The summed E-state index contributed by atoms with van der Waals surface area (Å²) in [5.74, 6) is -0.832. The van der Waals surface area contributed by atoms with Crippen LogP contribution in [0.3, 0.4) is 0 Å². The Kier molecular flexibility index (Phi) is 6.45. The number of imide groups is 1. The van der Waals surface area contributed by atoms with Crippen LogP contribution < -0.4 is 0 Å². The predicted octanol–water partition coefficient (Wildman–Crippen LogP) is 3.41.